The first kappa shape index (κ1) is 32.9. The number of carbonyl (C=O) groups is 3. The SMILES string of the molecule is CCCCCCN(C(=O)C(Cc1ccccc1)NC(=O)OC(C)(C)C)C(C(=O)NCCCC)c1ccccc1C. The largest absolute Gasteiger partial charge is 0.444 e. The van der Waals surface area contributed by atoms with Gasteiger partial charge in [-0.3, -0.25) is 9.59 Å². The van der Waals surface area contributed by atoms with Crippen molar-refractivity contribution in [1.82, 2.24) is 15.5 Å². The Labute approximate surface area is 241 Å². The number of ether oxygens (including phenoxy) is 1. The molecule has 0 fully saturated rings. The standard InChI is InChI=1S/C33H49N3O4/c1-7-9-11-17-23-36(29(30(37)34-22-10-8-2)27-21-16-15-18-25(27)3)31(38)28(24-26-19-13-12-14-20-26)35-32(39)40-33(4,5)6/h12-16,18-21,28-29H,7-11,17,22-24H2,1-6H3,(H,34,37)(H,35,39). The fraction of sp³-hybridized carbons (Fsp3) is 0.545. The topological polar surface area (TPSA) is 87.7 Å². The number of unbranched alkanes of at least 4 members (excludes halogenated alkanes) is 4. The van der Waals surface area contributed by atoms with Gasteiger partial charge in [-0.15, -0.1) is 0 Å². The summed E-state index contributed by atoms with van der Waals surface area (Å²) in [4.78, 5) is 42.8. The molecule has 2 aromatic rings. The van der Waals surface area contributed by atoms with E-state index in [0.717, 1.165) is 55.2 Å². The summed E-state index contributed by atoms with van der Waals surface area (Å²) in [6, 6.07) is 15.6. The Hall–Kier alpha value is -3.35. The molecule has 2 aromatic carbocycles. The predicted molar refractivity (Wildman–Crippen MR) is 161 cm³/mol. The first-order chi connectivity index (χ1) is 19.1. The van der Waals surface area contributed by atoms with Crippen molar-refractivity contribution in [2.75, 3.05) is 13.1 Å². The number of rotatable bonds is 15. The number of carbonyl (C=O) groups excluding carboxylic acids is 3. The third kappa shape index (κ3) is 11.0. The minimum atomic E-state index is -0.904. The number of hydrogen-bond acceptors (Lipinski definition) is 4. The van der Waals surface area contributed by atoms with Crippen LogP contribution in [0.5, 0.6) is 0 Å². The Morgan fingerprint density at radius 3 is 2.15 bits per heavy atom. The fourth-order valence-electron chi connectivity index (χ4n) is 4.60. The van der Waals surface area contributed by atoms with Crippen LogP contribution in [0.15, 0.2) is 54.6 Å². The number of hydrogen-bond donors (Lipinski definition) is 2. The van der Waals surface area contributed by atoms with E-state index in [-0.39, 0.29) is 18.2 Å². The monoisotopic (exact) mass is 551 g/mol. The normalized spacial score (nSPS) is 12.8. The van der Waals surface area contributed by atoms with Crippen LogP contribution in [0.4, 0.5) is 4.79 Å². The molecule has 0 aliphatic carbocycles. The smallest absolute Gasteiger partial charge is 0.408 e. The molecule has 0 aliphatic heterocycles. The van der Waals surface area contributed by atoms with Crippen LogP contribution in [0.3, 0.4) is 0 Å². The highest BCUT2D eigenvalue weighted by molar-refractivity contribution is 5.92. The van der Waals surface area contributed by atoms with Gasteiger partial charge in [0.1, 0.15) is 17.7 Å². The maximum absolute atomic E-state index is 14.4. The third-order valence-corrected chi connectivity index (χ3v) is 6.68. The average Bonchev–Trinajstić information content (AvgIpc) is 2.90. The van der Waals surface area contributed by atoms with Gasteiger partial charge in [-0.2, -0.15) is 0 Å². The molecule has 0 bridgehead atoms. The van der Waals surface area contributed by atoms with Crippen LogP contribution in [-0.2, 0) is 20.7 Å². The van der Waals surface area contributed by atoms with Crippen molar-refractivity contribution in [1.29, 1.82) is 0 Å². The lowest BCUT2D eigenvalue weighted by Gasteiger charge is -2.35. The second-order valence-corrected chi connectivity index (χ2v) is 11.4. The summed E-state index contributed by atoms with van der Waals surface area (Å²) in [6.45, 7) is 12.5. The molecule has 2 N–H and O–H groups in total. The number of nitrogens with zero attached hydrogens (tertiary/aromatic N) is 1. The number of alkyl carbamates (subject to hydrolysis) is 1. The molecule has 2 atom stereocenters. The number of benzene rings is 2. The molecular weight excluding hydrogens is 502 g/mol. The summed E-state index contributed by atoms with van der Waals surface area (Å²) in [7, 11) is 0. The molecule has 2 unspecified atom stereocenters. The van der Waals surface area contributed by atoms with E-state index in [1.807, 2.05) is 61.5 Å². The van der Waals surface area contributed by atoms with Gasteiger partial charge in [-0.25, -0.2) is 4.79 Å². The van der Waals surface area contributed by atoms with Gasteiger partial charge in [0.25, 0.3) is 0 Å². The van der Waals surface area contributed by atoms with Crippen molar-refractivity contribution in [3.05, 3.63) is 71.3 Å². The molecule has 7 heteroatoms. The molecule has 0 heterocycles. The van der Waals surface area contributed by atoms with Crippen molar-refractivity contribution in [3.8, 4) is 0 Å². The molecule has 3 amide bonds. The minimum absolute atomic E-state index is 0.206. The molecule has 220 valence electrons. The maximum Gasteiger partial charge on any atom is 0.408 e. The molecule has 0 saturated carbocycles. The molecule has 0 aliphatic rings. The maximum atomic E-state index is 14.4. The van der Waals surface area contributed by atoms with E-state index >= 15 is 0 Å². The fourth-order valence-corrected chi connectivity index (χ4v) is 4.60. The summed E-state index contributed by atoms with van der Waals surface area (Å²) in [5.41, 5.74) is 1.91. The van der Waals surface area contributed by atoms with Crippen LogP contribution in [0.25, 0.3) is 0 Å². The van der Waals surface area contributed by atoms with Gasteiger partial charge >= 0.3 is 6.09 Å². The highest BCUT2D eigenvalue weighted by Gasteiger charge is 2.36. The van der Waals surface area contributed by atoms with Crippen LogP contribution < -0.4 is 10.6 Å². The second kappa shape index (κ2) is 16.7. The van der Waals surface area contributed by atoms with E-state index < -0.39 is 23.8 Å². The van der Waals surface area contributed by atoms with Crippen LogP contribution in [0.1, 0.15) is 95.9 Å². The van der Waals surface area contributed by atoms with Crippen molar-refractivity contribution < 1.29 is 19.1 Å². The van der Waals surface area contributed by atoms with Gasteiger partial charge < -0.3 is 20.3 Å². The summed E-state index contributed by atoms with van der Waals surface area (Å²) in [5.74, 6) is -0.507. The molecular formula is C33H49N3O4. The van der Waals surface area contributed by atoms with Crippen LogP contribution in [0, 0.1) is 6.92 Å². The zero-order valence-electron chi connectivity index (χ0n) is 25.3. The summed E-state index contributed by atoms with van der Waals surface area (Å²) in [5, 5.41) is 5.89. The molecule has 7 nitrogen and oxygen atoms in total. The summed E-state index contributed by atoms with van der Waals surface area (Å²) < 4.78 is 5.53. The van der Waals surface area contributed by atoms with Crippen LogP contribution in [0.2, 0.25) is 0 Å². The first-order valence-electron chi connectivity index (χ1n) is 14.7. The Bertz CT molecular complexity index is 1060. The van der Waals surface area contributed by atoms with E-state index in [4.69, 9.17) is 4.74 Å². The van der Waals surface area contributed by atoms with Crippen LogP contribution in [-0.4, -0.2) is 47.5 Å². The summed E-state index contributed by atoms with van der Waals surface area (Å²) in [6.07, 6.45) is 5.24. The predicted octanol–water partition coefficient (Wildman–Crippen LogP) is 6.50. The minimum Gasteiger partial charge on any atom is -0.444 e. The van der Waals surface area contributed by atoms with Crippen molar-refractivity contribution in [2.45, 2.75) is 104 Å². The van der Waals surface area contributed by atoms with Gasteiger partial charge in [0.15, 0.2) is 0 Å². The van der Waals surface area contributed by atoms with E-state index in [1.54, 1.807) is 25.7 Å². The van der Waals surface area contributed by atoms with E-state index in [0.29, 0.717) is 13.1 Å². The first-order valence-corrected chi connectivity index (χ1v) is 14.7. The van der Waals surface area contributed by atoms with Gasteiger partial charge in [0.2, 0.25) is 11.8 Å². The highest BCUT2D eigenvalue weighted by atomic mass is 16.6. The Morgan fingerprint density at radius 1 is 0.875 bits per heavy atom. The van der Waals surface area contributed by atoms with Gasteiger partial charge in [-0.05, 0) is 57.2 Å². The molecule has 40 heavy (non-hydrogen) atoms. The van der Waals surface area contributed by atoms with Gasteiger partial charge in [0, 0.05) is 19.5 Å². The second-order valence-electron chi connectivity index (χ2n) is 11.4. The molecule has 0 saturated heterocycles. The molecule has 0 spiro atoms. The average molecular weight is 552 g/mol. The summed E-state index contributed by atoms with van der Waals surface area (Å²) >= 11 is 0. The van der Waals surface area contributed by atoms with Crippen LogP contribution >= 0.6 is 0 Å². The third-order valence-electron chi connectivity index (χ3n) is 6.68. The zero-order valence-corrected chi connectivity index (χ0v) is 25.3. The van der Waals surface area contributed by atoms with Crippen molar-refractivity contribution in [2.24, 2.45) is 0 Å². The number of nitrogens with one attached hydrogen (secondary N) is 2. The van der Waals surface area contributed by atoms with Crippen molar-refractivity contribution in [3.63, 3.8) is 0 Å². The van der Waals surface area contributed by atoms with E-state index in [1.165, 1.54) is 0 Å². The lowest BCUT2D eigenvalue weighted by atomic mass is 9.96. The number of amides is 3. The molecule has 2 rings (SSSR count). The van der Waals surface area contributed by atoms with Crippen molar-refractivity contribution >= 4 is 17.9 Å². The Morgan fingerprint density at radius 2 is 1.52 bits per heavy atom. The van der Waals surface area contributed by atoms with E-state index in [9.17, 15) is 14.4 Å². The highest BCUT2D eigenvalue weighted by Crippen LogP contribution is 2.27. The molecule has 0 radical (unpaired) electrons. The lowest BCUT2D eigenvalue weighted by molar-refractivity contribution is -0.142. The zero-order chi connectivity index (χ0) is 29.5. The van der Waals surface area contributed by atoms with E-state index in [2.05, 4.69) is 24.5 Å². The van der Waals surface area contributed by atoms with Gasteiger partial charge in [-0.1, -0.05) is 94.1 Å². The Kier molecular flexibility index (Phi) is 13.7. The molecule has 0 aromatic heterocycles. The van der Waals surface area contributed by atoms with Gasteiger partial charge in [0.05, 0.1) is 0 Å². The Balaban J connectivity index is 2.53. The lowest BCUT2D eigenvalue weighted by Crippen LogP contribution is -2.54. The quantitative estimate of drug-likeness (QED) is 0.248. The number of aryl methyl sites for hydroxylation is 1.